The minimum atomic E-state index is 0.502. The van der Waals surface area contributed by atoms with E-state index < -0.39 is 0 Å². The molecule has 156 valence electrons. The fourth-order valence-electron chi connectivity index (χ4n) is 3.65. The third-order valence-electron chi connectivity index (χ3n) is 5.26. The van der Waals surface area contributed by atoms with Crippen molar-refractivity contribution in [2.75, 3.05) is 0 Å². The molecule has 0 N–H and O–H groups in total. The van der Waals surface area contributed by atoms with Gasteiger partial charge in [0, 0.05) is 27.3 Å². The summed E-state index contributed by atoms with van der Waals surface area (Å²) in [6, 6.07) is 35.0. The second-order valence-corrected chi connectivity index (χ2v) is 7.80. The molecule has 4 nitrogen and oxygen atoms in total. The second-order valence-electron chi connectivity index (χ2n) is 7.39. The zero-order valence-electron chi connectivity index (χ0n) is 17.5. The summed E-state index contributed by atoms with van der Waals surface area (Å²) in [4.78, 5) is 14.4. The molecule has 0 radical (unpaired) electrons. The Kier molecular flexibility index (Phi) is 5.63. The molecule has 5 heteroatoms. The molecule has 0 aliphatic rings. The fourth-order valence-corrected chi connectivity index (χ4v) is 3.93. The first-order valence-corrected chi connectivity index (χ1v) is 10.8. The molecule has 5 aromatic rings. The van der Waals surface area contributed by atoms with Gasteiger partial charge in [-0.25, -0.2) is 15.0 Å². The van der Waals surface area contributed by atoms with Crippen LogP contribution in [-0.4, -0.2) is 15.0 Å². The molecule has 0 spiro atoms. The summed E-state index contributed by atoms with van der Waals surface area (Å²) >= 11 is 6.55. The van der Waals surface area contributed by atoms with E-state index in [9.17, 15) is 5.26 Å². The molecule has 0 bridgehead atoms. The molecule has 5 rings (SSSR count). The molecule has 1 aromatic heterocycles. The average molecular weight is 445 g/mol. The molecule has 0 atom stereocenters. The van der Waals surface area contributed by atoms with Gasteiger partial charge in [0.15, 0.2) is 17.5 Å². The molecule has 0 aliphatic heterocycles. The Morgan fingerprint density at radius 1 is 0.545 bits per heavy atom. The summed E-state index contributed by atoms with van der Waals surface area (Å²) < 4.78 is 0. The molecule has 0 unspecified atom stereocenters. The lowest BCUT2D eigenvalue weighted by atomic mass is 9.98. The highest BCUT2D eigenvalue weighted by atomic mass is 35.5. The number of benzene rings is 4. The van der Waals surface area contributed by atoms with Gasteiger partial charge in [-0.2, -0.15) is 5.26 Å². The third-order valence-corrected chi connectivity index (χ3v) is 5.57. The maximum atomic E-state index is 9.20. The van der Waals surface area contributed by atoms with Crippen molar-refractivity contribution in [2.24, 2.45) is 0 Å². The molecular formula is C28H17ClN4. The number of hydrogen-bond acceptors (Lipinski definition) is 4. The van der Waals surface area contributed by atoms with E-state index in [0.29, 0.717) is 28.1 Å². The number of rotatable bonds is 4. The average Bonchev–Trinajstić information content (AvgIpc) is 2.89. The molecule has 4 aromatic carbocycles. The van der Waals surface area contributed by atoms with Crippen LogP contribution in [0.2, 0.25) is 5.02 Å². The topological polar surface area (TPSA) is 62.5 Å². The monoisotopic (exact) mass is 444 g/mol. The van der Waals surface area contributed by atoms with Crippen LogP contribution in [0.5, 0.6) is 0 Å². The molecule has 0 saturated carbocycles. The van der Waals surface area contributed by atoms with E-state index in [0.717, 1.165) is 27.8 Å². The summed E-state index contributed by atoms with van der Waals surface area (Å²) in [6.45, 7) is 0. The highest BCUT2D eigenvalue weighted by Gasteiger charge is 2.16. The SMILES string of the molecule is N#Cc1ccc(-c2ccccc2-c2nc(-c3ccccc3)nc(-c3ccccc3)n2)c(Cl)c1. The van der Waals surface area contributed by atoms with Gasteiger partial charge in [-0.1, -0.05) is 103 Å². The minimum Gasteiger partial charge on any atom is -0.208 e. The van der Waals surface area contributed by atoms with E-state index in [1.165, 1.54) is 0 Å². The Balaban J connectivity index is 1.73. The maximum absolute atomic E-state index is 9.20. The summed E-state index contributed by atoms with van der Waals surface area (Å²) in [6.07, 6.45) is 0. The van der Waals surface area contributed by atoms with Crippen LogP contribution in [0.4, 0.5) is 0 Å². The van der Waals surface area contributed by atoms with Crippen LogP contribution in [0.1, 0.15) is 5.56 Å². The summed E-state index contributed by atoms with van der Waals surface area (Å²) in [5.74, 6) is 1.75. The zero-order chi connectivity index (χ0) is 22.6. The predicted octanol–water partition coefficient (Wildman–Crippen LogP) is 7.06. The molecule has 0 fully saturated rings. The molecular weight excluding hydrogens is 428 g/mol. The Bertz CT molecular complexity index is 1420. The van der Waals surface area contributed by atoms with E-state index in [1.807, 2.05) is 91.0 Å². The fraction of sp³-hybridized carbons (Fsp3) is 0. The Morgan fingerprint density at radius 2 is 1.06 bits per heavy atom. The van der Waals surface area contributed by atoms with Crippen LogP contribution in [0.25, 0.3) is 45.3 Å². The highest BCUT2D eigenvalue weighted by molar-refractivity contribution is 6.33. The van der Waals surface area contributed by atoms with Gasteiger partial charge in [0.2, 0.25) is 0 Å². The number of halogens is 1. The Hall–Kier alpha value is -4.33. The van der Waals surface area contributed by atoms with Crippen molar-refractivity contribution in [1.82, 2.24) is 15.0 Å². The lowest BCUT2D eigenvalue weighted by molar-refractivity contribution is 1.07. The summed E-state index contributed by atoms with van der Waals surface area (Å²) in [5, 5.41) is 9.70. The van der Waals surface area contributed by atoms with E-state index in [1.54, 1.807) is 12.1 Å². The predicted molar refractivity (Wildman–Crippen MR) is 131 cm³/mol. The number of aromatic nitrogens is 3. The van der Waals surface area contributed by atoms with Gasteiger partial charge >= 0.3 is 0 Å². The van der Waals surface area contributed by atoms with Gasteiger partial charge in [0.05, 0.1) is 11.6 Å². The highest BCUT2D eigenvalue weighted by Crippen LogP contribution is 2.36. The minimum absolute atomic E-state index is 0.502. The normalized spacial score (nSPS) is 10.5. The van der Waals surface area contributed by atoms with Crippen LogP contribution in [0.3, 0.4) is 0 Å². The van der Waals surface area contributed by atoms with E-state index in [-0.39, 0.29) is 0 Å². The van der Waals surface area contributed by atoms with Crippen molar-refractivity contribution in [3.05, 3.63) is 114 Å². The first-order chi connectivity index (χ1) is 16.2. The summed E-state index contributed by atoms with van der Waals surface area (Å²) in [7, 11) is 0. The van der Waals surface area contributed by atoms with Crippen LogP contribution >= 0.6 is 11.6 Å². The van der Waals surface area contributed by atoms with Gasteiger partial charge < -0.3 is 0 Å². The van der Waals surface area contributed by atoms with Crippen molar-refractivity contribution >= 4 is 11.6 Å². The molecule has 0 saturated heterocycles. The molecule has 0 amide bonds. The molecule has 0 aliphatic carbocycles. The smallest absolute Gasteiger partial charge is 0.164 e. The van der Waals surface area contributed by atoms with Crippen LogP contribution in [-0.2, 0) is 0 Å². The second kappa shape index (κ2) is 9.04. The number of nitrogens with zero attached hydrogens (tertiary/aromatic N) is 4. The standard InChI is InChI=1S/C28H17ClN4/c29-25-17-19(18-30)15-16-23(25)22-13-7-8-14-24(22)28-32-26(20-9-3-1-4-10-20)31-27(33-28)21-11-5-2-6-12-21/h1-17H. The van der Waals surface area contributed by atoms with Crippen molar-refractivity contribution in [2.45, 2.75) is 0 Å². The van der Waals surface area contributed by atoms with Crippen molar-refractivity contribution in [3.8, 4) is 51.4 Å². The molecule has 33 heavy (non-hydrogen) atoms. The van der Waals surface area contributed by atoms with Gasteiger partial charge in [-0.15, -0.1) is 0 Å². The van der Waals surface area contributed by atoms with Gasteiger partial charge in [0.1, 0.15) is 0 Å². The maximum Gasteiger partial charge on any atom is 0.164 e. The van der Waals surface area contributed by atoms with Crippen molar-refractivity contribution in [3.63, 3.8) is 0 Å². The third kappa shape index (κ3) is 4.23. The van der Waals surface area contributed by atoms with E-state index >= 15 is 0 Å². The number of hydrogen-bond donors (Lipinski definition) is 0. The number of nitriles is 1. The zero-order valence-corrected chi connectivity index (χ0v) is 18.2. The lowest BCUT2D eigenvalue weighted by Crippen LogP contribution is -2.01. The van der Waals surface area contributed by atoms with Gasteiger partial charge in [-0.05, 0) is 17.7 Å². The first kappa shape index (κ1) is 20.6. The van der Waals surface area contributed by atoms with E-state index in [2.05, 4.69) is 6.07 Å². The van der Waals surface area contributed by atoms with Crippen LogP contribution < -0.4 is 0 Å². The van der Waals surface area contributed by atoms with Crippen molar-refractivity contribution < 1.29 is 0 Å². The van der Waals surface area contributed by atoms with Crippen LogP contribution in [0, 0.1) is 11.3 Å². The Labute approximate surface area is 196 Å². The van der Waals surface area contributed by atoms with Crippen LogP contribution in [0.15, 0.2) is 103 Å². The first-order valence-electron chi connectivity index (χ1n) is 10.4. The quantitative estimate of drug-likeness (QED) is 0.297. The lowest BCUT2D eigenvalue weighted by Gasteiger charge is -2.13. The molecule has 1 heterocycles. The van der Waals surface area contributed by atoms with Crippen molar-refractivity contribution in [1.29, 1.82) is 5.26 Å². The largest absolute Gasteiger partial charge is 0.208 e. The summed E-state index contributed by atoms with van der Waals surface area (Å²) in [5.41, 5.74) is 4.87. The van der Waals surface area contributed by atoms with E-state index in [4.69, 9.17) is 26.6 Å². The van der Waals surface area contributed by atoms with Gasteiger partial charge in [-0.3, -0.25) is 0 Å². The Morgan fingerprint density at radius 3 is 1.61 bits per heavy atom. The van der Waals surface area contributed by atoms with Gasteiger partial charge in [0.25, 0.3) is 0 Å².